The molecular formula is C16H27NO4. The zero-order valence-corrected chi connectivity index (χ0v) is 13.9. The van der Waals surface area contributed by atoms with Gasteiger partial charge >= 0.3 is 0 Å². The van der Waals surface area contributed by atoms with Crippen molar-refractivity contribution in [3.05, 3.63) is 17.7 Å². The van der Waals surface area contributed by atoms with Crippen LogP contribution in [0.15, 0.2) is 12.1 Å². The molecular weight excluding hydrogens is 270 g/mol. The van der Waals surface area contributed by atoms with Crippen molar-refractivity contribution in [1.82, 2.24) is 5.32 Å². The smallest absolute Gasteiger partial charge is 0.203 e. The van der Waals surface area contributed by atoms with Gasteiger partial charge in [-0.15, -0.1) is 0 Å². The average Bonchev–Trinajstić information content (AvgIpc) is 2.49. The number of hydrogen-bond donors (Lipinski definition) is 1. The highest BCUT2D eigenvalue weighted by Gasteiger charge is 2.15. The van der Waals surface area contributed by atoms with Crippen LogP contribution in [0.4, 0.5) is 0 Å². The number of benzene rings is 1. The van der Waals surface area contributed by atoms with E-state index in [2.05, 4.69) is 19.2 Å². The summed E-state index contributed by atoms with van der Waals surface area (Å²) in [5.74, 6) is 1.94. The first-order chi connectivity index (χ1) is 10.0. The highest BCUT2D eigenvalue weighted by molar-refractivity contribution is 5.53. The molecule has 0 amide bonds. The van der Waals surface area contributed by atoms with Crippen LogP contribution in [0.5, 0.6) is 17.2 Å². The van der Waals surface area contributed by atoms with Crippen LogP contribution in [0.1, 0.15) is 26.3 Å². The quantitative estimate of drug-likeness (QED) is 0.759. The first kappa shape index (κ1) is 17.6. The van der Waals surface area contributed by atoms with Crippen molar-refractivity contribution < 1.29 is 18.9 Å². The molecule has 1 aromatic carbocycles. The van der Waals surface area contributed by atoms with E-state index in [1.54, 1.807) is 21.3 Å². The minimum Gasteiger partial charge on any atom is -0.493 e. The Kier molecular flexibility index (Phi) is 7.32. The van der Waals surface area contributed by atoms with Crippen molar-refractivity contribution in [3.63, 3.8) is 0 Å². The third kappa shape index (κ3) is 5.44. The number of methoxy groups -OCH3 is 3. The molecule has 1 unspecified atom stereocenters. The van der Waals surface area contributed by atoms with Gasteiger partial charge < -0.3 is 24.3 Å². The van der Waals surface area contributed by atoms with Crippen LogP contribution in [-0.4, -0.2) is 40.1 Å². The fraction of sp³-hybridized carbons (Fsp3) is 0.625. The Hall–Kier alpha value is -1.46. The lowest BCUT2D eigenvalue weighted by molar-refractivity contribution is 0.0694. The lowest BCUT2D eigenvalue weighted by Crippen LogP contribution is -2.22. The summed E-state index contributed by atoms with van der Waals surface area (Å²) >= 11 is 0. The average molecular weight is 297 g/mol. The maximum Gasteiger partial charge on any atom is 0.203 e. The van der Waals surface area contributed by atoms with Gasteiger partial charge in [0.25, 0.3) is 0 Å². The summed E-state index contributed by atoms with van der Waals surface area (Å²) in [7, 11) is 4.91. The SMILES string of the molecule is COc1cc(CNC(C)C)cc(OC)c1OCC(C)OC. The van der Waals surface area contributed by atoms with E-state index in [4.69, 9.17) is 18.9 Å². The second-order valence-electron chi connectivity index (χ2n) is 5.22. The second-order valence-corrected chi connectivity index (χ2v) is 5.22. The summed E-state index contributed by atoms with van der Waals surface area (Å²) in [5.41, 5.74) is 1.09. The molecule has 0 saturated carbocycles. The zero-order chi connectivity index (χ0) is 15.8. The second kappa shape index (κ2) is 8.74. The largest absolute Gasteiger partial charge is 0.493 e. The Morgan fingerprint density at radius 1 is 1.00 bits per heavy atom. The summed E-state index contributed by atoms with van der Waals surface area (Å²) in [5, 5.41) is 3.37. The van der Waals surface area contributed by atoms with Crippen molar-refractivity contribution in [2.45, 2.75) is 39.5 Å². The molecule has 5 nitrogen and oxygen atoms in total. The van der Waals surface area contributed by atoms with Crippen LogP contribution >= 0.6 is 0 Å². The van der Waals surface area contributed by atoms with Gasteiger partial charge in [-0.1, -0.05) is 13.8 Å². The summed E-state index contributed by atoms with van der Waals surface area (Å²) in [6.07, 6.45) is 0.00157. The number of rotatable bonds is 9. The molecule has 1 rings (SSSR count). The summed E-state index contributed by atoms with van der Waals surface area (Å²) in [4.78, 5) is 0. The molecule has 120 valence electrons. The van der Waals surface area contributed by atoms with Gasteiger partial charge in [0.2, 0.25) is 5.75 Å². The highest BCUT2D eigenvalue weighted by Crippen LogP contribution is 2.38. The van der Waals surface area contributed by atoms with Gasteiger partial charge in [0, 0.05) is 19.7 Å². The van der Waals surface area contributed by atoms with E-state index < -0.39 is 0 Å². The minimum atomic E-state index is 0.00157. The summed E-state index contributed by atoms with van der Waals surface area (Å²) < 4.78 is 21.8. The van der Waals surface area contributed by atoms with Gasteiger partial charge in [-0.25, -0.2) is 0 Å². The Morgan fingerprint density at radius 3 is 2.00 bits per heavy atom. The van der Waals surface area contributed by atoms with Crippen molar-refractivity contribution in [3.8, 4) is 17.2 Å². The molecule has 1 atom stereocenters. The normalized spacial score (nSPS) is 12.3. The summed E-state index contributed by atoms with van der Waals surface area (Å²) in [6, 6.07) is 4.34. The Balaban J connectivity index is 2.95. The topological polar surface area (TPSA) is 49.0 Å². The first-order valence-corrected chi connectivity index (χ1v) is 7.15. The van der Waals surface area contributed by atoms with Crippen LogP contribution in [0.3, 0.4) is 0 Å². The van der Waals surface area contributed by atoms with E-state index in [1.807, 2.05) is 19.1 Å². The van der Waals surface area contributed by atoms with Crippen molar-refractivity contribution in [2.24, 2.45) is 0 Å². The van der Waals surface area contributed by atoms with Gasteiger partial charge in [0.1, 0.15) is 6.61 Å². The molecule has 21 heavy (non-hydrogen) atoms. The van der Waals surface area contributed by atoms with Gasteiger partial charge in [0.15, 0.2) is 11.5 Å². The van der Waals surface area contributed by atoms with E-state index in [0.717, 1.165) is 12.1 Å². The van der Waals surface area contributed by atoms with E-state index >= 15 is 0 Å². The molecule has 0 aliphatic heterocycles. The third-order valence-corrected chi connectivity index (χ3v) is 3.10. The molecule has 0 radical (unpaired) electrons. The van der Waals surface area contributed by atoms with Crippen molar-refractivity contribution in [1.29, 1.82) is 0 Å². The third-order valence-electron chi connectivity index (χ3n) is 3.10. The van der Waals surface area contributed by atoms with E-state index in [0.29, 0.717) is 29.9 Å². The lowest BCUT2D eigenvalue weighted by atomic mass is 10.1. The van der Waals surface area contributed by atoms with Gasteiger partial charge in [-0.2, -0.15) is 0 Å². The number of hydrogen-bond acceptors (Lipinski definition) is 5. The van der Waals surface area contributed by atoms with Gasteiger partial charge in [0.05, 0.1) is 20.3 Å². The van der Waals surface area contributed by atoms with Gasteiger partial charge in [-0.05, 0) is 24.6 Å². The van der Waals surface area contributed by atoms with Crippen LogP contribution in [0.25, 0.3) is 0 Å². The van der Waals surface area contributed by atoms with Gasteiger partial charge in [-0.3, -0.25) is 0 Å². The number of ether oxygens (including phenoxy) is 4. The van der Waals surface area contributed by atoms with E-state index in [-0.39, 0.29) is 6.10 Å². The molecule has 0 saturated heterocycles. The number of nitrogens with one attached hydrogen (secondary N) is 1. The standard InChI is InChI=1S/C16H27NO4/c1-11(2)17-9-13-7-14(19-5)16(15(8-13)20-6)21-10-12(3)18-4/h7-8,11-12,17H,9-10H2,1-6H3. The Bertz CT molecular complexity index is 409. The predicted octanol–water partition coefficient (Wildman–Crippen LogP) is 2.62. The first-order valence-electron chi connectivity index (χ1n) is 7.15. The van der Waals surface area contributed by atoms with Crippen LogP contribution in [0.2, 0.25) is 0 Å². The molecule has 5 heteroatoms. The maximum atomic E-state index is 5.79. The molecule has 1 N–H and O–H groups in total. The van der Waals surface area contributed by atoms with Crippen LogP contribution < -0.4 is 19.5 Å². The van der Waals surface area contributed by atoms with Crippen LogP contribution in [-0.2, 0) is 11.3 Å². The summed E-state index contributed by atoms with van der Waals surface area (Å²) in [6.45, 7) is 7.35. The van der Waals surface area contributed by atoms with Crippen molar-refractivity contribution >= 4 is 0 Å². The molecule has 0 aliphatic carbocycles. The highest BCUT2D eigenvalue weighted by atomic mass is 16.6. The fourth-order valence-electron chi connectivity index (χ4n) is 1.77. The monoisotopic (exact) mass is 297 g/mol. The fourth-order valence-corrected chi connectivity index (χ4v) is 1.77. The molecule has 0 aliphatic rings. The molecule has 0 aromatic heterocycles. The molecule has 0 heterocycles. The van der Waals surface area contributed by atoms with Crippen LogP contribution in [0, 0.1) is 0 Å². The van der Waals surface area contributed by atoms with Crippen molar-refractivity contribution in [2.75, 3.05) is 27.9 Å². The van der Waals surface area contributed by atoms with E-state index in [1.165, 1.54) is 0 Å². The predicted molar refractivity (Wildman–Crippen MR) is 83.5 cm³/mol. The zero-order valence-electron chi connectivity index (χ0n) is 13.9. The Morgan fingerprint density at radius 2 is 1.57 bits per heavy atom. The Labute approximate surface area is 127 Å². The lowest BCUT2D eigenvalue weighted by Gasteiger charge is -2.18. The maximum absolute atomic E-state index is 5.79. The molecule has 1 aromatic rings. The molecule has 0 bridgehead atoms. The molecule has 0 spiro atoms. The van der Waals surface area contributed by atoms with E-state index in [9.17, 15) is 0 Å². The minimum absolute atomic E-state index is 0.00157. The molecule has 0 fully saturated rings.